The molecule has 0 saturated carbocycles. The fourth-order valence-electron chi connectivity index (χ4n) is 1.43. The summed E-state index contributed by atoms with van der Waals surface area (Å²) in [5, 5.41) is 12.9. The highest BCUT2D eigenvalue weighted by atomic mass is 32.2. The molecule has 0 spiro atoms. The van der Waals surface area contributed by atoms with E-state index in [0.717, 1.165) is 0 Å². The normalized spacial score (nSPS) is 14.9. The van der Waals surface area contributed by atoms with Crippen molar-refractivity contribution in [2.45, 2.75) is 30.8 Å². The predicted molar refractivity (Wildman–Crippen MR) is 76.5 cm³/mol. The second-order valence-corrected chi connectivity index (χ2v) is 6.52. The molecule has 1 rings (SSSR count). The van der Waals surface area contributed by atoms with Gasteiger partial charge in [-0.1, -0.05) is 6.92 Å². The molecule has 0 saturated heterocycles. The molecule has 0 heterocycles. The van der Waals surface area contributed by atoms with Crippen LogP contribution in [-0.2, 0) is 10.0 Å². The van der Waals surface area contributed by atoms with Crippen molar-refractivity contribution in [3.05, 3.63) is 18.2 Å². The fraction of sp³-hybridized carbons (Fsp3) is 0.500. The van der Waals surface area contributed by atoms with E-state index in [9.17, 15) is 13.5 Å². The Hall–Kier alpha value is -1.31. The van der Waals surface area contributed by atoms with E-state index >= 15 is 0 Å². The van der Waals surface area contributed by atoms with Crippen molar-refractivity contribution in [1.82, 2.24) is 4.72 Å². The Labute approximate surface area is 114 Å². The number of hydrogen-bond acceptors (Lipinski definition) is 5. The van der Waals surface area contributed by atoms with Crippen molar-refractivity contribution in [3.63, 3.8) is 0 Å². The third kappa shape index (κ3) is 4.09. The van der Waals surface area contributed by atoms with Gasteiger partial charge >= 0.3 is 0 Å². The van der Waals surface area contributed by atoms with Gasteiger partial charge in [-0.05, 0) is 38.6 Å². The van der Waals surface area contributed by atoms with Gasteiger partial charge in [0, 0.05) is 12.2 Å². The molecule has 6 nitrogen and oxygen atoms in total. The number of nitrogen functional groups attached to an aromatic ring is 1. The lowest BCUT2D eigenvalue weighted by Gasteiger charge is -2.23. The van der Waals surface area contributed by atoms with Crippen LogP contribution >= 0.6 is 0 Å². The summed E-state index contributed by atoms with van der Waals surface area (Å²) in [5.41, 5.74) is 5.49. The fourth-order valence-corrected chi connectivity index (χ4v) is 2.37. The molecule has 1 aromatic carbocycles. The zero-order valence-corrected chi connectivity index (χ0v) is 12.2. The van der Waals surface area contributed by atoms with E-state index in [4.69, 9.17) is 5.73 Å². The Kier molecular flexibility index (Phi) is 4.78. The van der Waals surface area contributed by atoms with Gasteiger partial charge in [0.15, 0.2) is 0 Å². The molecule has 0 aliphatic rings. The summed E-state index contributed by atoms with van der Waals surface area (Å²) in [6.45, 7) is 3.79. The lowest BCUT2D eigenvalue weighted by molar-refractivity contribution is 0.0697. The van der Waals surface area contributed by atoms with Crippen molar-refractivity contribution in [1.29, 1.82) is 0 Å². The van der Waals surface area contributed by atoms with Crippen LogP contribution in [0.5, 0.6) is 0 Å². The second-order valence-electron chi connectivity index (χ2n) is 4.67. The number of aliphatic hydroxyl groups is 1. The Balaban J connectivity index is 3.09. The zero-order chi connectivity index (χ0) is 14.7. The summed E-state index contributed by atoms with van der Waals surface area (Å²) in [5.74, 6) is 0. The van der Waals surface area contributed by atoms with Crippen molar-refractivity contribution in [2.24, 2.45) is 0 Å². The number of hydrogen-bond donors (Lipinski definition) is 4. The van der Waals surface area contributed by atoms with Crippen LogP contribution in [0.2, 0.25) is 0 Å². The smallest absolute Gasteiger partial charge is 0.242 e. The minimum absolute atomic E-state index is 0.0712. The van der Waals surface area contributed by atoms with Gasteiger partial charge in [-0.3, -0.25) is 0 Å². The molecular formula is C12H21N3O3S. The third-order valence-corrected chi connectivity index (χ3v) is 4.44. The van der Waals surface area contributed by atoms with E-state index in [2.05, 4.69) is 10.0 Å². The molecule has 19 heavy (non-hydrogen) atoms. The van der Waals surface area contributed by atoms with E-state index < -0.39 is 15.6 Å². The molecule has 0 aliphatic heterocycles. The number of benzene rings is 1. The average Bonchev–Trinajstić information content (AvgIpc) is 2.37. The maximum absolute atomic E-state index is 11.9. The number of nitrogens with one attached hydrogen (secondary N) is 2. The van der Waals surface area contributed by atoms with Gasteiger partial charge in [0.2, 0.25) is 10.0 Å². The highest BCUT2D eigenvalue weighted by Gasteiger charge is 2.21. The molecule has 108 valence electrons. The van der Waals surface area contributed by atoms with E-state index in [1.54, 1.807) is 19.1 Å². The summed E-state index contributed by atoms with van der Waals surface area (Å²) in [6.07, 6.45) is 0.559. The molecule has 1 unspecified atom stereocenters. The van der Waals surface area contributed by atoms with Crippen LogP contribution in [0.4, 0.5) is 11.4 Å². The molecule has 0 fully saturated rings. The summed E-state index contributed by atoms with van der Waals surface area (Å²) < 4.78 is 26.0. The number of nitrogens with two attached hydrogens (primary N) is 1. The van der Waals surface area contributed by atoms with Crippen molar-refractivity contribution < 1.29 is 13.5 Å². The first-order valence-electron chi connectivity index (χ1n) is 6.01. The van der Waals surface area contributed by atoms with E-state index in [-0.39, 0.29) is 11.4 Å². The standard InChI is InChI=1S/C12H21N3O3S/c1-4-12(2,16)8-15-10-6-5-9(13)7-11(10)19(17,18)14-3/h5-7,14-16H,4,8,13H2,1-3H3. The highest BCUT2D eigenvalue weighted by molar-refractivity contribution is 7.89. The molecular weight excluding hydrogens is 266 g/mol. The lowest BCUT2D eigenvalue weighted by Crippen LogP contribution is -2.33. The number of sulfonamides is 1. The molecule has 0 amide bonds. The molecule has 1 atom stereocenters. The third-order valence-electron chi connectivity index (χ3n) is 2.99. The maximum atomic E-state index is 11.9. The summed E-state index contributed by atoms with van der Waals surface area (Å²) >= 11 is 0. The molecule has 7 heteroatoms. The Morgan fingerprint density at radius 3 is 2.58 bits per heavy atom. The van der Waals surface area contributed by atoms with Gasteiger partial charge in [0.25, 0.3) is 0 Å². The molecule has 0 aliphatic carbocycles. The summed E-state index contributed by atoms with van der Waals surface area (Å²) in [6, 6.07) is 4.58. The highest BCUT2D eigenvalue weighted by Crippen LogP contribution is 2.24. The topological polar surface area (TPSA) is 104 Å². The minimum Gasteiger partial charge on any atom is -0.399 e. The van der Waals surface area contributed by atoms with Gasteiger partial charge in [0.05, 0.1) is 11.3 Å². The van der Waals surface area contributed by atoms with E-state index in [1.807, 2.05) is 6.92 Å². The van der Waals surface area contributed by atoms with Gasteiger partial charge in [-0.2, -0.15) is 0 Å². The van der Waals surface area contributed by atoms with Crippen molar-refractivity contribution in [3.8, 4) is 0 Å². The second kappa shape index (κ2) is 5.77. The first kappa shape index (κ1) is 15.7. The Morgan fingerprint density at radius 1 is 1.42 bits per heavy atom. The Bertz CT molecular complexity index is 541. The molecule has 0 radical (unpaired) electrons. The summed E-state index contributed by atoms with van der Waals surface area (Å²) in [4.78, 5) is 0.0712. The SMILES string of the molecule is CCC(C)(O)CNc1ccc(N)cc1S(=O)(=O)NC. The van der Waals surface area contributed by atoms with Crippen molar-refractivity contribution >= 4 is 21.4 Å². The minimum atomic E-state index is -3.60. The monoisotopic (exact) mass is 287 g/mol. The predicted octanol–water partition coefficient (Wildman–Crippen LogP) is 0.750. The van der Waals surface area contributed by atoms with Crippen LogP contribution < -0.4 is 15.8 Å². The van der Waals surface area contributed by atoms with Gasteiger partial charge < -0.3 is 16.2 Å². The molecule has 5 N–H and O–H groups in total. The first-order chi connectivity index (χ1) is 8.72. The Morgan fingerprint density at radius 2 is 2.05 bits per heavy atom. The lowest BCUT2D eigenvalue weighted by atomic mass is 10.0. The van der Waals surface area contributed by atoms with E-state index in [1.165, 1.54) is 13.1 Å². The van der Waals surface area contributed by atoms with Crippen LogP contribution in [0, 0.1) is 0 Å². The molecule has 0 bridgehead atoms. The number of rotatable bonds is 6. The van der Waals surface area contributed by atoms with Crippen LogP contribution in [0.1, 0.15) is 20.3 Å². The van der Waals surface area contributed by atoms with Gasteiger partial charge in [-0.15, -0.1) is 0 Å². The zero-order valence-electron chi connectivity index (χ0n) is 11.4. The van der Waals surface area contributed by atoms with Crippen molar-refractivity contribution in [2.75, 3.05) is 24.6 Å². The van der Waals surface area contributed by atoms with Crippen LogP contribution in [0.15, 0.2) is 23.1 Å². The largest absolute Gasteiger partial charge is 0.399 e. The van der Waals surface area contributed by atoms with Crippen LogP contribution in [-0.4, -0.2) is 32.7 Å². The van der Waals surface area contributed by atoms with Crippen LogP contribution in [0.25, 0.3) is 0 Å². The van der Waals surface area contributed by atoms with Crippen LogP contribution in [0.3, 0.4) is 0 Å². The quantitative estimate of drug-likeness (QED) is 0.578. The maximum Gasteiger partial charge on any atom is 0.242 e. The van der Waals surface area contributed by atoms with E-state index in [0.29, 0.717) is 17.8 Å². The first-order valence-corrected chi connectivity index (χ1v) is 7.49. The molecule has 1 aromatic rings. The van der Waals surface area contributed by atoms with Gasteiger partial charge in [0.1, 0.15) is 4.90 Å². The average molecular weight is 287 g/mol. The van der Waals surface area contributed by atoms with Gasteiger partial charge in [-0.25, -0.2) is 13.1 Å². The molecule has 0 aromatic heterocycles. The summed E-state index contributed by atoms with van der Waals surface area (Å²) in [7, 11) is -2.26. The number of anilines is 2.